The minimum absolute atomic E-state index is 0.149. The van der Waals surface area contributed by atoms with Crippen LogP contribution in [0.15, 0.2) is 12.1 Å². The van der Waals surface area contributed by atoms with Gasteiger partial charge in [-0.25, -0.2) is 0 Å². The third-order valence-corrected chi connectivity index (χ3v) is 1.78. The molecule has 13 heavy (non-hydrogen) atoms. The summed E-state index contributed by atoms with van der Waals surface area (Å²) >= 11 is 0. The monoisotopic (exact) mass is 184 g/mol. The van der Waals surface area contributed by atoms with Crippen molar-refractivity contribution >= 4 is 0 Å². The van der Waals surface area contributed by atoms with Gasteiger partial charge in [-0.2, -0.15) is 0 Å². The zero-order chi connectivity index (χ0) is 10.0. The Kier molecular flexibility index (Phi) is 2.63. The van der Waals surface area contributed by atoms with Crippen LogP contribution >= 0.6 is 0 Å². The molecular weight excluding hydrogens is 172 g/mol. The molecule has 0 bridgehead atoms. The first kappa shape index (κ1) is 9.67. The van der Waals surface area contributed by atoms with E-state index in [0.717, 1.165) is 0 Å². The smallest absolute Gasteiger partial charge is 0.200 e. The van der Waals surface area contributed by atoms with Crippen LogP contribution in [0, 0.1) is 0 Å². The number of hydrogen-bond acceptors (Lipinski definition) is 4. The Hall–Kier alpha value is -1.42. The van der Waals surface area contributed by atoms with Gasteiger partial charge in [0, 0.05) is 0 Å². The maximum Gasteiger partial charge on any atom is 0.200 e. The van der Waals surface area contributed by atoms with Gasteiger partial charge < -0.3 is 20.1 Å². The standard InChI is InChI=1S/C9H12O4/c1-5(10)6-3-7(11)9(12)8(4-6)13-2/h3-5,10-12H,1-2H3/t5-/m1/s1. The predicted octanol–water partition coefficient (Wildman–Crippen LogP) is 1.16. The number of methoxy groups -OCH3 is 1. The zero-order valence-corrected chi connectivity index (χ0v) is 7.48. The van der Waals surface area contributed by atoms with E-state index in [1.807, 2.05) is 0 Å². The second-order valence-corrected chi connectivity index (χ2v) is 2.77. The van der Waals surface area contributed by atoms with Gasteiger partial charge in [0.05, 0.1) is 13.2 Å². The topological polar surface area (TPSA) is 69.9 Å². The van der Waals surface area contributed by atoms with Gasteiger partial charge in [-0.3, -0.25) is 0 Å². The summed E-state index contributed by atoms with van der Waals surface area (Å²) in [6, 6.07) is 2.77. The van der Waals surface area contributed by atoms with Crippen LogP contribution in [0.25, 0.3) is 0 Å². The summed E-state index contributed by atoms with van der Waals surface area (Å²) in [6.45, 7) is 1.56. The Labute approximate surface area is 76.0 Å². The van der Waals surface area contributed by atoms with Gasteiger partial charge in [-0.05, 0) is 24.6 Å². The fraction of sp³-hybridized carbons (Fsp3) is 0.333. The third-order valence-electron chi connectivity index (χ3n) is 1.78. The van der Waals surface area contributed by atoms with Crippen molar-refractivity contribution in [2.45, 2.75) is 13.0 Å². The molecule has 4 heteroatoms. The first-order valence-corrected chi connectivity index (χ1v) is 3.84. The summed E-state index contributed by atoms with van der Waals surface area (Å²) in [6.07, 6.45) is -0.708. The fourth-order valence-corrected chi connectivity index (χ4v) is 1.01. The summed E-state index contributed by atoms with van der Waals surface area (Å²) in [5, 5.41) is 27.7. The third kappa shape index (κ3) is 1.84. The summed E-state index contributed by atoms with van der Waals surface area (Å²) in [7, 11) is 1.38. The summed E-state index contributed by atoms with van der Waals surface area (Å²) in [4.78, 5) is 0. The van der Waals surface area contributed by atoms with Crippen molar-refractivity contribution in [3.05, 3.63) is 17.7 Å². The van der Waals surface area contributed by atoms with E-state index in [-0.39, 0.29) is 17.2 Å². The molecule has 0 spiro atoms. The molecule has 72 valence electrons. The number of aromatic hydroxyl groups is 2. The van der Waals surface area contributed by atoms with Crippen molar-refractivity contribution in [3.63, 3.8) is 0 Å². The van der Waals surface area contributed by atoms with Gasteiger partial charge in [-0.15, -0.1) is 0 Å². The molecule has 0 aliphatic rings. The van der Waals surface area contributed by atoms with E-state index in [1.165, 1.54) is 19.2 Å². The van der Waals surface area contributed by atoms with Crippen molar-refractivity contribution in [2.24, 2.45) is 0 Å². The lowest BCUT2D eigenvalue weighted by molar-refractivity contribution is 0.198. The average molecular weight is 184 g/mol. The second kappa shape index (κ2) is 3.53. The first-order chi connectivity index (χ1) is 6.06. The van der Waals surface area contributed by atoms with Crippen LogP contribution in [0.3, 0.4) is 0 Å². The van der Waals surface area contributed by atoms with Crippen molar-refractivity contribution < 1.29 is 20.1 Å². The molecule has 0 amide bonds. The largest absolute Gasteiger partial charge is 0.504 e. The molecule has 0 heterocycles. The molecule has 0 saturated carbocycles. The highest BCUT2D eigenvalue weighted by molar-refractivity contribution is 5.52. The number of rotatable bonds is 2. The second-order valence-electron chi connectivity index (χ2n) is 2.77. The molecule has 0 unspecified atom stereocenters. The highest BCUT2D eigenvalue weighted by Gasteiger charge is 2.11. The van der Waals surface area contributed by atoms with Crippen molar-refractivity contribution in [2.75, 3.05) is 7.11 Å². The van der Waals surface area contributed by atoms with Crippen LogP contribution < -0.4 is 4.74 Å². The number of benzene rings is 1. The molecule has 0 fully saturated rings. The zero-order valence-electron chi connectivity index (χ0n) is 7.48. The van der Waals surface area contributed by atoms with E-state index in [0.29, 0.717) is 5.56 Å². The molecule has 0 aliphatic heterocycles. The SMILES string of the molecule is COc1cc([C@@H](C)O)cc(O)c1O. The normalized spacial score (nSPS) is 12.5. The van der Waals surface area contributed by atoms with E-state index >= 15 is 0 Å². The lowest BCUT2D eigenvalue weighted by atomic mass is 10.1. The Bertz CT molecular complexity index is 307. The van der Waals surface area contributed by atoms with Gasteiger partial charge >= 0.3 is 0 Å². The molecule has 1 aromatic rings. The Morgan fingerprint density at radius 2 is 1.92 bits per heavy atom. The van der Waals surface area contributed by atoms with Crippen LogP contribution in [0.2, 0.25) is 0 Å². The minimum atomic E-state index is -0.708. The van der Waals surface area contributed by atoms with Gasteiger partial charge in [0.1, 0.15) is 0 Å². The van der Waals surface area contributed by atoms with Gasteiger partial charge in [-0.1, -0.05) is 0 Å². The molecule has 3 N–H and O–H groups in total. The van der Waals surface area contributed by atoms with E-state index < -0.39 is 6.10 Å². The van der Waals surface area contributed by atoms with Crippen LogP contribution in [0.1, 0.15) is 18.6 Å². The van der Waals surface area contributed by atoms with E-state index in [4.69, 9.17) is 4.74 Å². The van der Waals surface area contributed by atoms with Crippen LogP contribution in [0.4, 0.5) is 0 Å². The highest BCUT2D eigenvalue weighted by Crippen LogP contribution is 2.37. The number of aliphatic hydroxyl groups excluding tert-OH is 1. The number of phenols is 2. The molecule has 4 nitrogen and oxygen atoms in total. The summed E-state index contributed by atoms with van der Waals surface area (Å²) < 4.78 is 4.80. The molecule has 1 rings (SSSR count). The van der Waals surface area contributed by atoms with Crippen molar-refractivity contribution in [3.8, 4) is 17.2 Å². The first-order valence-electron chi connectivity index (χ1n) is 3.84. The quantitative estimate of drug-likeness (QED) is 0.603. The Morgan fingerprint density at radius 1 is 1.31 bits per heavy atom. The molecule has 0 aliphatic carbocycles. The molecule has 0 saturated heterocycles. The van der Waals surface area contributed by atoms with Crippen molar-refractivity contribution in [1.82, 2.24) is 0 Å². The maximum absolute atomic E-state index is 9.25. The molecule has 1 atom stereocenters. The molecule has 0 aromatic heterocycles. The van der Waals surface area contributed by atoms with Crippen LogP contribution in [0.5, 0.6) is 17.2 Å². The fourth-order valence-electron chi connectivity index (χ4n) is 1.01. The average Bonchev–Trinajstić information content (AvgIpc) is 2.09. The summed E-state index contributed by atoms with van der Waals surface area (Å²) in [5.74, 6) is -0.460. The van der Waals surface area contributed by atoms with Crippen molar-refractivity contribution in [1.29, 1.82) is 0 Å². The van der Waals surface area contributed by atoms with E-state index in [1.54, 1.807) is 6.92 Å². The number of aliphatic hydroxyl groups is 1. The number of phenolic OH excluding ortho intramolecular Hbond substituents is 2. The lowest BCUT2D eigenvalue weighted by Crippen LogP contribution is -1.93. The molecular formula is C9H12O4. The van der Waals surface area contributed by atoms with Crippen LogP contribution in [-0.2, 0) is 0 Å². The van der Waals surface area contributed by atoms with E-state index in [9.17, 15) is 15.3 Å². The van der Waals surface area contributed by atoms with Gasteiger partial charge in [0.15, 0.2) is 11.5 Å². The van der Waals surface area contributed by atoms with Gasteiger partial charge in [0.2, 0.25) is 5.75 Å². The Morgan fingerprint density at radius 3 is 2.38 bits per heavy atom. The highest BCUT2D eigenvalue weighted by atomic mass is 16.5. The number of ether oxygens (including phenoxy) is 1. The lowest BCUT2D eigenvalue weighted by Gasteiger charge is -2.10. The van der Waals surface area contributed by atoms with Crippen LogP contribution in [-0.4, -0.2) is 22.4 Å². The summed E-state index contributed by atoms with van der Waals surface area (Å²) in [5.41, 5.74) is 0.493. The van der Waals surface area contributed by atoms with E-state index in [2.05, 4.69) is 0 Å². The predicted molar refractivity (Wildman–Crippen MR) is 47.0 cm³/mol. The minimum Gasteiger partial charge on any atom is -0.504 e. The number of hydrogen-bond donors (Lipinski definition) is 3. The van der Waals surface area contributed by atoms with Gasteiger partial charge in [0.25, 0.3) is 0 Å². The maximum atomic E-state index is 9.25. The molecule has 1 aromatic carbocycles. The Balaban J connectivity index is 3.22. The molecule has 0 radical (unpaired) electrons.